The molecule has 1 heterocycles. The summed E-state index contributed by atoms with van der Waals surface area (Å²) in [5, 5.41) is 0. The van der Waals surface area contributed by atoms with Crippen molar-refractivity contribution in [2.75, 3.05) is 17.5 Å². The maximum atomic E-state index is 14.6. The molecule has 26 heavy (non-hydrogen) atoms. The molecule has 0 bridgehead atoms. The molecule has 0 saturated heterocycles. The minimum atomic E-state index is -3.85. The number of halogens is 1. The summed E-state index contributed by atoms with van der Waals surface area (Å²) in [6.45, 7) is 3.99. The highest BCUT2D eigenvalue weighted by Gasteiger charge is 2.33. The summed E-state index contributed by atoms with van der Waals surface area (Å²) < 4.78 is 46.4. The van der Waals surface area contributed by atoms with Gasteiger partial charge in [0.2, 0.25) is 0 Å². The number of sulfonamides is 1. The predicted octanol–water partition coefficient (Wildman–Crippen LogP) is 3.32. The van der Waals surface area contributed by atoms with Gasteiger partial charge in [-0.3, -0.25) is 4.31 Å². The van der Waals surface area contributed by atoms with Crippen LogP contribution in [0.25, 0.3) is 0 Å². The second-order valence-electron chi connectivity index (χ2n) is 6.01. The quantitative estimate of drug-likeness (QED) is 0.767. The lowest BCUT2D eigenvalue weighted by Gasteiger charge is -2.30. The lowest BCUT2D eigenvalue weighted by molar-refractivity contribution is 0.0526. The fraction of sp³-hybridized carbons (Fsp3) is 0.316. The van der Waals surface area contributed by atoms with Gasteiger partial charge in [0, 0.05) is 6.54 Å². The van der Waals surface area contributed by atoms with Crippen molar-refractivity contribution in [3.63, 3.8) is 0 Å². The van der Waals surface area contributed by atoms with Crippen LogP contribution >= 0.6 is 0 Å². The highest BCUT2D eigenvalue weighted by molar-refractivity contribution is 7.93. The number of benzene rings is 2. The Morgan fingerprint density at radius 2 is 1.96 bits per heavy atom. The van der Waals surface area contributed by atoms with Gasteiger partial charge in [0.25, 0.3) is 10.0 Å². The molecule has 0 N–H and O–H groups in total. The van der Waals surface area contributed by atoms with Crippen molar-refractivity contribution in [1.29, 1.82) is 0 Å². The number of hydrogen-bond donors (Lipinski definition) is 0. The zero-order valence-corrected chi connectivity index (χ0v) is 15.5. The summed E-state index contributed by atoms with van der Waals surface area (Å²) in [5.74, 6) is -1.41. The first-order valence-electron chi connectivity index (χ1n) is 8.49. The van der Waals surface area contributed by atoms with E-state index >= 15 is 0 Å². The first-order chi connectivity index (χ1) is 12.4. The molecule has 7 heteroatoms. The Bertz CT molecular complexity index is 956. The third-order valence-electron chi connectivity index (χ3n) is 4.41. The third kappa shape index (κ3) is 3.19. The van der Waals surface area contributed by atoms with E-state index in [-0.39, 0.29) is 29.3 Å². The predicted molar refractivity (Wildman–Crippen MR) is 96.4 cm³/mol. The Morgan fingerprint density at radius 3 is 2.62 bits per heavy atom. The van der Waals surface area contributed by atoms with E-state index in [1.54, 1.807) is 19.1 Å². The van der Waals surface area contributed by atoms with Crippen molar-refractivity contribution < 1.29 is 22.3 Å². The van der Waals surface area contributed by atoms with E-state index in [1.807, 2.05) is 13.0 Å². The van der Waals surface area contributed by atoms with Gasteiger partial charge in [-0.05, 0) is 55.2 Å². The molecule has 0 aromatic heterocycles. The molecule has 2 aromatic carbocycles. The number of hydrogen-bond acceptors (Lipinski definition) is 4. The third-order valence-corrected chi connectivity index (χ3v) is 6.33. The fourth-order valence-corrected chi connectivity index (χ4v) is 4.77. The number of rotatable bonds is 4. The second kappa shape index (κ2) is 7.07. The molecule has 1 aliphatic rings. The molecule has 0 amide bonds. The summed E-state index contributed by atoms with van der Waals surface area (Å²) in [4.78, 5) is 11.9. The molecule has 1 aliphatic heterocycles. The van der Waals surface area contributed by atoms with Crippen molar-refractivity contribution in [3.05, 3.63) is 58.9 Å². The van der Waals surface area contributed by atoms with Crippen LogP contribution in [0.15, 0.2) is 41.3 Å². The van der Waals surface area contributed by atoms with E-state index in [4.69, 9.17) is 4.74 Å². The Hall–Kier alpha value is -2.41. The summed E-state index contributed by atoms with van der Waals surface area (Å²) in [5.41, 5.74) is 1.81. The molecule has 0 fully saturated rings. The molecule has 0 atom stereocenters. The normalized spacial score (nSPS) is 15.4. The maximum absolute atomic E-state index is 14.6. The number of esters is 1. The average molecular weight is 377 g/mol. The van der Waals surface area contributed by atoms with Gasteiger partial charge in [0.15, 0.2) is 0 Å². The van der Waals surface area contributed by atoms with Crippen LogP contribution in [-0.4, -0.2) is 27.5 Å². The van der Waals surface area contributed by atoms with E-state index in [1.165, 1.54) is 12.1 Å². The molecule has 3 rings (SSSR count). The first kappa shape index (κ1) is 18.4. The minimum absolute atomic E-state index is 0.0514. The molecule has 0 unspecified atom stereocenters. The van der Waals surface area contributed by atoms with Crippen LogP contribution in [0.4, 0.5) is 10.1 Å². The fourth-order valence-electron chi connectivity index (χ4n) is 3.06. The van der Waals surface area contributed by atoms with E-state index in [9.17, 15) is 17.6 Å². The number of carbonyl (C=O) groups excluding carboxylic acids is 1. The second-order valence-corrected chi connectivity index (χ2v) is 7.84. The molecular weight excluding hydrogens is 357 g/mol. The van der Waals surface area contributed by atoms with Crippen LogP contribution in [0.1, 0.15) is 35.3 Å². The van der Waals surface area contributed by atoms with Gasteiger partial charge in [0.05, 0.1) is 22.8 Å². The van der Waals surface area contributed by atoms with Crippen LogP contribution in [0, 0.1) is 5.82 Å². The van der Waals surface area contributed by atoms with Gasteiger partial charge in [-0.2, -0.15) is 0 Å². The minimum Gasteiger partial charge on any atom is -0.462 e. The largest absolute Gasteiger partial charge is 0.462 e. The summed E-state index contributed by atoms with van der Waals surface area (Å²) in [7, 11) is -3.85. The van der Waals surface area contributed by atoms with Crippen molar-refractivity contribution in [2.45, 2.75) is 31.6 Å². The standard InChI is InChI=1S/C19H20FNO4S/c1-3-13-5-8-18-14(11-13)9-10-21(26(18,23)24)17-7-6-15(12-16(17)20)19(22)25-4-2/h5-8,11-12H,3-4,9-10H2,1-2H3. The molecule has 0 aliphatic carbocycles. The van der Waals surface area contributed by atoms with Crippen LogP contribution in [0.3, 0.4) is 0 Å². The molecule has 0 spiro atoms. The van der Waals surface area contributed by atoms with E-state index in [2.05, 4.69) is 0 Å². The molecule has 0 saturated carbocycles. The summed E-state index contributed by atoms with van der Waals surface area (Å²) in [6.07, 6.45) is 1.32. The number of carbonyl (C=O) groups is 1. The molecule has 5 nitrogen and oxygen atoms in total. The van der Waals surface area contributed by atoms with Crippen LogP contribution in [0.2, 0.25) is 0 Å². The summed E-state index contributed by atoms with van der Waals surface area (Å²) >= 11 is 0. The van der Waals surface area contributed by atoms with Gasteiger partial charge in [-0.15, -0.1) is 0 Å². The van der Waals surface area contributed by atoms with E-state index in [0.717, 1.165) is 27.9 Å². The van der Waals surface area contributed by atoms with Gasteiger partial charge in [-0.25, -0.2) is 17.6 Å². The number of fused-ring (bicyclic) bond motifs is 1. The topological polar surface area (TPSA) is 63.7 Å². The van der Waals surface area contributed by atoms with Crippen molar-refractivity contribution in [3.8, 4) is 0 Å². The smallest absolute Gasteiger partial charge is 0.338 e. The Labute approximate surface area is 152 Å². The molecular formula is C19H20FNO4S. The number of aryl methyl sites for hydroxylation is 1. The monoisotopic (exact) mass is 377 g/mol. The van der Waals surface area contributed by atoms with Crippen LogP contribution in [0.5, 0.6) is 0 Å². The van der Waals surface area contributed by atoms with Crippen molar-refractivity contribution in [2.24, 2.45) is 0 Å². The lowest BCUT2D eigenvalue weighted by Crippen LogP contribution is -2.38. The Morgan fingerprint density at radius 1 is 1.19 bits per heavy atom. The SMILES string of the molecule is CCOC(=O)c1ccc(N2CCc3cc(CC)ccc3S2(=O)=O)c(F)c1. The molecule has 2 aromatic rings. The number of nitrogens with zero attached hydrogens (tertiary/aromatic N) is 1. The van der Waals surface area contributed by atoms with Gasteiger partial charge >= 0.3 is 5.97 Å². The molecule has 0 radical (unpaired) electrons. The number of ether oxygens (including phenoxy) is 1. The first-order valence-corrected chi connectivity index (χ1v) is 9.93. The van der Waals surface area contributed by atoms with Crippen molar-refractivity contribution >= 4 is 21.7 Å². The van der Waals surface area contributed by atoms with Crippen LogP contribution in [-0.2, 0) is 27.6 Å². The van der Waals surface area contributed by atoms with Gasteiger partial charge in [-0.1, -0.05) is 19.1 Å². The number of anilines is 1. The molecule has 138 valence electrons. The van der Waals surface area contributed by atoms with Gasteiger partial charge < -0.3 is 4.74 Å². The van der Waals surface area contributed by atoms with Crippen molar-refractivity contribution in [1.82, 2.24) is 0 Å². The van der Waals surface area contributed by atoms with Crippen LogP contribution < -0.4 is 4.31 Å². The highest BCUT2D eigenvalue weighted by Crippen LogP contribution is 2.33. The maximum Gasteiger partial charge on any atom is 0.338 e. The zero-order valence-electron chi connectivity index (χ0n) is 14.7. The summed E-state index contributed by atoms with van der Waals surface area (Å²) in [6, 6.07) is 8.95. The Kier molecular flexibility index (Phi) is 5.00. The Balaban J connectivity index is 1.99. The van der Waals surface area contributed by atoms with Gasteiger partial charge in [0.1, 0.15) is 5.82 Å². The highest BCUT2D eigenvalue weighted by atomic mass is 32.2. The van der Waals surface area contributed by atoms with E-state index < -0.39 is 21.8 Å². The average Bonchev–Trinajstić information content (AvgIpc) is 2.62. The van der Waals surface area contributed by atoms with E-state index in [0.29, 0.717) is 6.42 Å². The lowest BCUT2D eigenvalue weighted by atomic mass is 10.1. The zero-order chi connectivity index (χ0) is 18.9.